The van der Waals surface area contributed by atoms with Crippen LogP contribution in [0.3, 0.4) is 0 Å². The molecule has 0 bridgehead atoms. The Bertz CT molecular complexity index is 1040. The maximum atomic E-state index is 4.62. The van der Waals surface area contributed by atoms with E-state index in [-0.39, 0.29) is 0 Å². The van der Waals surface area contributed by atoms with Gasteiger partial charge in [0.05, 0.1) is 5.70 Å². The fraction of sp³-hybridized carbons (Fsp3) is 0.115. The van der Waals surface area contributed by atoms with Crippen molar-refractivity contribution in [3.63, 3.8) is 0 Å². The van der Waals surface area contributed by atoms with Crippen molar-refractivity contribution in [1.82, 2.24) is 0 Å². The Morgan fingerprint density at radius 1 is 0.926 bits per heavy atom. The Morgan fingerprint density at radius 3 is 2.11 bits per heavy atom. The SMILES string of the molecule is C=C/C(C)=C(\C=C)N=C(C)C(=C)/C=c1/ccc(-c2ccc(C)cc2)cc1=C. The van der Waals surface area contributed by atoms with Crippen LogP contribution >= 0.6 is 0 Å². The summed E-state index contributed by atoms with van der Waals surface area (Å²) in [5.41, 5.74) is 7.08. The van der Waals surface area contributed by atoms with E-state index in [4.69, 9.17) is 0 Å². The van der Waals surface area contributed by atoms with Crippen LogP contribution in [0, 0.1) is 6.92 Å². The smallest absolute Gasteiger partial charge is 0.0656 e. The van der Waals surface area contributed by atoms with Gasteiger partial charge < -0.3 is 0 Å². The number of hydrogen-bond donors (Lipinski definition) is 0. The molecule has 0 aliphatic heterocycles. The van der Waals surface area contributed by atoms with Gasteiger partial charge in [-0.2, -0.15) is 0 Å². The van der Waals surface area contributed by atoms with Crippen molar-refractivity contribution in [2.45, 2.75) is 20.8 Å². The van der Waals surface area contributed by atoms with E-state index in [2.05, 4.69) is 80.7 Å². The summed E-state index contributed by atoms with van der Waals surface area (Å²) in [6, 6.07) is 14.8. The first-order chi connectivity index (χ1) is 12.8. The molecule has 0 atom stereocenters. The van der Waals surface area contributed by atoms with Crippen molar-refractivity contribution in [2.24, 2.45) is 4.99 Å². The highest BCUT2D eigenvalue weighted by Crippen LogP contribution is 2.17. The first kappa shape index (κ1) is 20.1. The number of aryl methyl sites for hydroxylation is 1. The summed E-state index contributed by atoms with van der Waals surface area (Å²) in [7, 11) is 0. The molecule has 0 spiro atoms. The lowest BCUT2D eigenvalue weighted by Gasteiger charge is -2.05. The summed E-state index contributed by atoms with van der Waals surface area (Å²) >= 11 is 0. The van der Waals surface area contributed by atoms with E-state index in [0.717, 1.165) is 38.6 Å². The maximum Gasteiger partial charge on any atom is 0.0656 e. The minimum absolute atomic E-state index is 0.807. The molecule has 0 N–H and O–H groups in total. The third-order valence-electron chi connectivity index (χ3n) is 4.51. The zero-order valence-electron chi connectivity index (χ0n) is 16.5. The average molecular weight is 354 g/mol. The number of benzene rings is 2. The number of hydrogen-bond acceptors (Lipinski definition) is 1. The second-order valence-electron chi connectivity index (χ2n) is 6.62. The van der Waals surface area contributed by atoms with Crippen LogP contribution in [0.25, 0.3) is 23.8 Å². The van der Waals surface area contributed by atoms with Crippen LogP contribution in [-0.2, 0) is 0 Å². The molecule has 0 amide bonds. The topological polar surface area (TPSA) is 12.4 Å². The lowest BCUT2D eigenvalue weighted by Crippen LogP contribution is -2.23. The molecule has 1 nitrogen and oxygen atoms in total. The van der Waals surface area contributed by atoms with Gasteiger partial charge in [0.25, 0.3) is 0 Å². The lowest BCUT2D eigenvalue weighted by atomic mass is 10.0. The molecule has 0 aliphatic rings. The monoisotopic (exact) mass is 353 g/mol. The van der Waals surface area contributed by atoms with E-state index in [9.17, 15) is 0 Å². The first-order valence-electron chi connectivity index (χ1n) is 8.93. The van der Waals surface area contributed by atoms with Gasteiger partial charge in [-0.3, -0.25) is 4.99 Å². The van der Waals surface area contributed by atoms with Crippen LogP contribution in [0.2, 0.25) is 0 Å². The minimum Gasteiger partial charge on any atom is -0.253 e. The van der Waals surface area contributed by atoms with Crippen molar-refractivity contribution in [3.05, 3.63) is 107 Å². The van der Waals surface area contributed by atoms with Gasteiger partial charge in [0.1, 0.15) is 0 Å². The molecule has 0 heterocycles. The number of nitrogens with zero attached hydrogens (tertiary/aromatic N) is 1. The molecule has 0 aliphatic carbocycles. The summed E-state index contributed by atoms with van der Waals surface area (Å²) in [6.07, 6.45) is 5.53. The van der Waals surface area contributed by atoms with E-state index < -0.39 is 0 Å². The second kappa shape index (κ2) is 8.95. The molecule has 2 rings (SSSR count). The molecule has 0 saturated heterocycles. The zero-order valence-corrected chi connectivity index (χ0v) is 16.5. The third-order valence-corrected chi connectivity index (χ3v) is 4.51. The van der Waals surface area contributed by atoms with Crippen LogP contribution in [-0.4, -0.2) is 5.71 Å². The summed E-state index contributed by atoms with van der Waals surface area (Å²) in [4.78, 5) is 4.62. The second-order valence-corrected chi connectivity index (χ2v) is 6.62. The van der Waals surface area contributed by atoms with E-state index in [1.807, 2.05) is 19.9 Å². The predicted octanol–water partition coefficient (Wildman–Crippen LogP) is 5.52. The van der Waals surface area contributed by atoms with Crippen LogP contribution in [0.4, 0.5) is 0 Å². The Labute approximate surface area is 162 Å². The normalized spacial score (nSPS) is 13.1. The molecular formula is C26H27N. The molecule has 0 aromatic heterocycles. The van der Waals surface area contributed by atoms with Gasteiger partial charge in [-0.25, -0.2) is 0 Å². The summed E-state index contributed by atoms with van der Waals surface area (Å²) in [5, 5.41) is 2.00. The fourth-order valence-corrected chi connectivity index (χ4v) is 2.62. The Balaban J connectivity index is 2.37. The van der Waals surface area contributed by atoms with Crippen molar-refractivity contribution < 1.29 is 0 Å². The van der Waals surface area contributed by atoms with Gasteiger partial charge >= 0.3 is 0 Å². The van der Waals surface area contributed by atoms with Crippen LogP contribution in [0.1, 0.15) is 19.4 Å². The van der Waals surface area contributed by atoms with Crippen molar-refractivity contribution in [2.75, 3.05) is 0 Å². The molecule has 27 heavy (non-hydrogen) atoms. The molecule has 0 saturated carbocycles. The molecule has 2 aromatic carbocycles. The standard InChI is InChI=1S/C26H27N/c1-8-19(4)26(9-2)27-22(7)20(5)16-24-14-15-25(17-21(24)6)23-12-10-18(3)11-13-23/h8-17H,1-2,5-6H2,3-4,7H3/b24-16-,26-19+,27-22?. The zero-order chi connectivity index (χ0) is 20.0. The molecular weight excluding hydrogens is 326 g/mol. The van der Waals surface area contributed by atoms with Gasteiger partial charge in [-0.1, -0.05) is 74.4 Å². The highest BCUT2D eigenvalue weighted by Gasteiger charge is 2.00. The summed E-state index contributed by atoms with van der Waals surface area (Å²) in [5.74, 6) is 0. The highest BCUT2D eigenvalue weighted by atomic mass is 14.8. The highest BCUT2D eigenvalue weighted by molar-refractivity contribution is 6.05. The van der Waals surface area contributed by atoms with Crippen molar-refractivity contribution >= 4 is 18.4 Å². The minimum atomic E-state index is 0.807. The van der Waals surface area contributed by atoms with E-state index in [0.29, 0.717) is 0 Å². The molecule has 1 heteroatoms. The van der Waals surface area contributed by atoms with E-state index in [1.54, 1.807) is 12.2 Å². The van der Waals surface area contributed by atoms with Crippen LogP contribution < -0.4 is 10.4 Å². The van der Waals surface area contributed by atoms with E-state index in [1.165, 1.54) is 11.1 Å². The van der Waals surface area contributed by atoms with Crippen molar-refractivity contribution in [3.8, 4) is 11.1 Å². The molecule has 0 radical (unpaired) electrons. The molecule has 2 aromatic rings. The molecule has 136 valence electrons. The van der Waals surface area contributed by atoms with Crippen molar-refractivity contribution in [1.29, 1.82) is 0 Å². The molecule has 0 fully saturated rings. The Kier molecular flexibility index (Phi) is 6.67. The third kappa shape index (κ3) is 5.15. The summed E-state index contributed by atoms with van der Waals surface area (Å²) in [6.45, 7) is 22.0. The number of rotatable bonds is 6. The van der Waals surface area contributed by atoms with E-state index >= 15 is 0 Å². The quantitative estimate of drug-likeness (QED) is 0.479. The Hall–Kier alpha value is -3.19. The number of aliphatic imine (C=N–C) groups is 1. The largest absolute Gasteiger partial charge is 0.253 e. The maximum absolute atomic E-state index is 4.62. The average Bonchev–Trinajstić information content (AvgIpc) is 2.67. The Morgan fingerprint density at radius 2 is 1.56 bits per heavy atom. The van der Waals surface area contributed by atoms with Crippen LogP contribution in [0.5, 0.6) is 0 Å². The lowest BCUT2D eigenvalue weighted by molar-refractivity contribution is 1.31. The predicted molar refractivity (Wildman–Crippen MR) is 121 cm³/mol. The van der Waals surface area contributed by atoms with Gasteiger partial charge in [0.2, 0.25) is 0 Å². The summed E-state index contributed by atoms with van der Waals surface area (Å²) < 4.78 is 0. The molecule has 0 unspecified atom stereocenters. The van der Waals surface area contributed by atoms with Gasteiger partial charge in [0.15, 0.2) is 0 Å². The van der Waals surface area contributed by atoms with Crippen LogP contribution in [0.15, 0.2) is 96.2 Å². The van der Waals surface area contributed by atoms with Gasteiger partial charge in [0, 0.05) is 5.71 Å². The van der Waals surface area contributed by atoms with Gasteiger partial charge in [-0.15, -0.1) is 0 Å². The number of allylic oxidation sites excluding steroid dienone is 4. The van der Waals surface area contributed by atoms with Gasteiger partial charge in [-0.05, 0) is 71.7 Å². The first-order valence-corrected chi connectivity index (χ1v) is 8.93. The fourth-order valence-electron chi connectivity index (χ4n) is 2.62.